The van der Waals surface area contributed by atoms with Crippen LogP contribution in [0, 0.1) is 17.3 Å². The van der Waals surface area contributed by atoms with Crippen molar-refractivity contribution in [1.29, 1.82) is 0 Å². The second-order valence-corrected chi connectivity index (χ2v) is 5.76. The molecule has 0 spiro atoms. The van der Waals surface area contributed by atoms with E-state index in [1.807, 2.05) is 0 Å². The summed E-state index contributed by atoms with van der Waals surface area (Å²) in [5.41, 5.74) is 5.74. The Kier molecular flexibility index (Phi) is 3.68. The summed E-state index contributed by atoms with van der Waals surface area (Å²) >= 11 is 0. The molecule has 16 heavy (non-hydrogen) atoms. The molecule has 2 rings (SSSR count). The van der Waals surface area contributed by atoms with Gasteiger partial charge in [-0.05, 0) is 31.6 Å². The molecule has 0 bridgehead atoms. The van der Waals surface area contributed by atoms with Gasteiger partial charge in [0.05, 0.1) is 0 Å². The molecule has 2 aliphatic carbocycles. The van der Waals surface area contributed by atoms with E-state index in [0.717, 1.165) is 25.7 Å². The largest absolute Gasteiger partial charge is 0.329 e. The van der Waals surface area contributed by atoms with Crippen LogP contribution in [0.5, 0.6) is 0 Å². The summed E-state index contributed by atoms with van der Waals surface area (Å²) in [4.78, 5) is 12.6. The first-order valence-corrected chi connectivity index (χ1v) is 6.98. The van der Waals surface area contributed by atoms with Crippen molar-refractivity contribution < 1.29 is 4.79 Å². The lowest BCUT2D eigenvalue weighted by molar-refractivity contribution is -0.140. The second-order valence-electron chi connectivity index (χ2n) is 5.76. The van der Waals surface area contributed by atoms with Gasteiger partial charge in [-0.25, -0.2) is 0 Å². The first-order chi connectivity index (χ1) is 7.73. The highest BCUT2D eigenvalue weighted by Gasteiger charge is 2.47. The zero-order chi connectivity index (χ0) is 11.6. The van der Waals surface area contributed by atoms with Crippen LogP contribution in [0.4, 0.5) is 0 Å². The minimum absolute atomic E-state index is 0.102. The molecule has 2 unspecified atom stereocenters. The highest BCUT2D eigenvalue weighted by atomic mass is 16.1. The average molecular weight is 223 g/mol. The maximum Gasteiger partial charge on any atom is 0.143 e. The van der Waals surface area contributed by atoms with E-state index in [9.17, 15) is 4.79 Å². The fourth-order valence-corrected chi connectivity index (χ4v) is 3.59. The Morgan fingerprint density at radius 3 is 2.44 bits per heavy atom. The lowest BCUT2D eigenvalue weighted by atomic mass is 9.59. The van der Waals surface area contributed by atoms with E-state index in [1.165, 1.54) is 25.7 Å². The van der Waals surface area contributed by atoms with Gasteiger partial charge in [-0.3, -0.25) is 4.79 Å². The molecule has 0 heterocycles. The predicted octanol–water partition coefficient (Wildman–Crippen LogP) is 2.90. The van der Waals surface area contributed by atoms with Gasteiger partial charge in [0.1, 0.15) is 5.78 Å². The molecule has 2 heteroatoms. The molecular formula is C14H25NO. The van der Waals surface area contributed by atoms with E-state index in [2.05, 4.69) is 6.92 Å². The Morgan fingerprint density at radius 1 is 1.25 bits per heavy atom. The summed E-state index contributed by atoms with van der Waals surface area (Å²) in [6, 6.07) is 0. The maximum absolute atomic E-state index is 12.6. The van der Waals surface area contributed by atoms with Gasteiger partial charge in [-0.1, -0.05) is 32.6 Å². The summed E-state index contributed by atoms with van der Waals surface area (Å²) in [6.07, 6.45) is 9.41. The van der Waals surface area contributed by atoms with Crippen molar-refractivity contribution in [1.82, 2.24) is 0 Å². The SMILES string of the molecule is CCC1CCCCC1C(=O)C1(CN)CCC1. The van der Waals surface area contributed by atoms with Gasteiger partial charge < -0.3 is 5.73 Å². The van der Waals surface area contributed by atoms with Gasteiger partial charge in [0.25, 0.3) is 0 Å². The Hall–Kier alpha value is -0.370. The third-order valence-electron chi connectivity index (χ3n) is 4.99. The van der Waals surface area contributed by atoms with Crippen LogP contribution >= 0.6 is 0 Å². The number of nitrogens with two attached hydrogens (primary N) is 1. The Bertz CT molecular complexity index is 252. The number of ketones is 1. The Morgan fingerprint density at radius 2 is 1.94 bits per heavy atom. The molecule has 2 saturated carbocycles. The van der Waals surface area contributed by atoms with Crippen LogP contribution < -0.4 is 5.73 Å². The number of hydrogen-bond acceptors (Lipinski definition) is 2. The van der Waals surface area contributed by atoms with E-state index >= 15 is 0 Å². The van der Waals surface area contributed by atoms with Crippen molar-refractivity contribution in [2.75, 3.05) is 6.54 Å². The van der Waals surface area contributed by atoms with E-state index in [0.29, 0.717) is 24.2 Å². The predicted molar refractivity (Wildman–Crippen MR) is 66.1 cm³/mol. The summed E-state index contributed by atoms with van der Waals surface area (Å²) in [5, 5.41) is 0. The van der Waals surface area contributed by atoms with Crippen LogP contribution in [-0.2, 0) is 4.79 Å². The highest BCUT2D eigenvalue weighted by Crippen LogP contribution is 2.46. The minimum atomic E-state index is -0.102. The van der Waals surface area contributed by atoms with Crippen molar-refractivity contribution in [2.45, 2.75) is 58.3 Å². The van der Waals surface area contributed by atoms with Gasteiger partial charge in [0.2, 0.25) is 0 Å². The Labute approximate surface area is 99.0 Å². The molecule has 0 amide bonds. The van der Waals surface area contributed by atoms with E-state index in [4.69, 9.17) is 5.73 Å². The average Bonchev–Trinajstić information content (AvgIpc) is 2.28. The van der Waals surface area contributed by atoms with Crippen molar-refractivity contribution in [2.24, 2.45) is 23.0 Å². The molecule has 0 radical (unpaired) electrons. The maximum atomic E-state index is 12.6. The first kappa shape index (κ1) is 12.1. The fourth-order valence-electron chi connectivity index (χ4n) is 3.59. The van der Waals surface area contributed by atoms with Gasteiger partial charge in [0, 0.05) is 17.9 Å². The molecule has 0 aliphatic heterocycles. The van der Waals surface area contributed by atoms with Crippen molar-refractivity contribution in [3.8, 4) is 0 Å². The zero-order valence-corrected chi connectivity index (χ0v) is 10.5. The molecule has 0 aromatic heterocycles. The molecule has 2 atom stereocenters. The lowest BCUT2D eigenvalue weighted by Crippen LogP contribution is -2.49. The number of carbonyl (C=O) groups excluding carboxylic acids is 1. The number of hydrogen-bond donors (Lipinski definition) is 1. The summed E-state index contributed by atoms with van der Waals surface area (Å²) in [7, 11) is 0. The smallest absolute Gasteiger partial charge is 0.143 e. The van der Waals surface area contributed by atoms with Crippen molar-refractivity contribution >= 4 is 5.78 Å². The van der Waals surface area contributed by atoms with Crippen LogP contribution in [0.1, 0.15) is 58.3 Å². The fraction of sp³-hybridized carbons (Fsp3) is 0.929. The van der Waals surface area contributed by atoms with Crippen LogP contribution in [0.2, 0.25) is 0 Å². The summed E-state index contributed by atoms with van der Waals surface area (Å²) in [5.74, 6) is 1.50. The molecule has 0 aromatic carbocycles. The molecule has 2 nitrogen and oxygen atoms in total. The quantitative estimate of drug-likeness (QED) is 0.796. The molecule has 0 saturated heterocycles. The van der Waals surface area contributed by atoms with E-state index < -0.39 is 0 Å². The van der Waals surface area contributed by atoms with E-state index in [-0.39, 0.29) is 5.41 Å². The van der Waals surface area contributed by atoms with E-state index in [1.54, 1.807) is 0 Å². The van der Waals surface area contributed by atoms with Gasteiger partial charge >= 0.3 is 0 Å². The molecule has 2 fully saturated rings. The van der Waals surface area contributed by atoms with Crippen LogP contribution in [0.25, 0.3) is 0 Å². The minimum Gasteiger partial charge on any atom is -0.329 e. The zero-order valence-electron chi connectivity index (χ0n) is 10.5. The Balaban J connectivity index is 2.07. The molecule has 2 N–H and O–H groups in total. The van der Waals surface area contributed by atoms with Gasteiger partial charge in [-0.2, -0.15) is 0 Å². The molecular weight excluding hydrogens is 198 g/mol. The molecule has 92 valence electrons. The number of carbonyl (C=O) groups is 1. The van der Waals surface area contributed by atoms with Crippen molar-refractivity contribution in [3.63, 3.8) is 0 Å². The number of Topliss-reactive ketones (excluding diaryl/α,β-unsaturated/α-hetero) is 1. The number of rotatable bonds is 4. The third-order valence-corrected chi connectivity index (χ3v) is 4.99. The monoisotopic (exact) mass is 223 g/mol. The normalized spacial score (nSPS) is 33.1. The van der Waals surface area contributed by atoms with Gasteiger partial charge in [-0.15, -0.1) is 0 Å². The third kappa shape index (κ3) is 1.92. The van der Waals surface area contributed by atoms with Gasteiger partial charge in [0.15, 0.2) is 0 Å². The molecule has 0 aromatic rings. The topological polar surface area (TPSA) is 43.1 Å². The second kappa shape index (κ2) is 4.87. The van der Waals surface area contributed by atoms with Crippen LogP contribution in [-0.4, -0.2) is 12.3 Å². The first-order valence-electron chi connectivity index (χ1n) is 6.98. The summed E-state index contributed by atoms with van der Waals surface area (Å²) in [6.45, 7) is 2.81. The van der Waals surface area contributed by atoms with Crippen LogP contribution in [0.15, 0.2) is 0 Å². The highest BCUT2D eigenvalue weighted by molar-refractivity contribution is 5.88. The van der Waals surface area contributed by atoms with Crippen molar-refractivity contribution in [3.05, 3.63) is 0 Å². The summed E-state index contributed by atoms with van der Waals surface area (Å²) < 4.78 is 0. The standard InChI is InChI=1S/C14H25NO/c1-2-11-6-3-4-7-12(11)13(16)14(10-15)8-5-9-14/h11-12H,2-10,15H2,1H3. The molecule has 2 aliphatic rings. The van der Waals surface area contributed by atoms with Crippen LogP contribution in [0.3, 0.4) is 0 Å². The lowest BCUT2D eigenvalue weighted by Gasteiger charge is -2.44.